The molecule has 33 nitrogen and oxygen atoms in total. The molecular weight excluding hydrogens is 1020 g/mol. The molecule has 0 radical (unpaired) electrons. The molecule has 75 heavy (non-hydrogen) atoms. The third-order valence-corrected chi connectivity index (χ3v) is 11.2. The van der Waals surface area contributed by atoms with E-state index in [0.717, 1.165) is 69.6 Å². The lowest BCUT2D eigenvalue weighted by atomic mass is 9.92. The van der Waals surface area contributed by atoms with E-state index in [1.807, 2.05) is 0 Å². The van der Waals surface area contributed by atoms with Gasteiger partial charge in [0.2, 0.25) is 23.6 Å². The van der Waals surface area contributed by atoms with Crippen LogP contribution >= 0.6 is 0 Å². The van der Waals surface area contributed by atoms with Gasteiger partial charge in [0.05, 0.1) is 0 Å². The molecule has 420 valence electrons. The minimum Gasteiger partial charge on any atom is -0.479 e. The van der Waals surface area contributed by atoms with Crippen molar-refractivity contribution in [1.29, 1.82) is 0 Å². The Kier molecular flexibility index (Phi) is 21.2. The average molecular weight is 1080 g/mol. The lowest BCUT2D eigenvalue weighted by Crippen LogP contribution is -2.73. The highest BCUT2D eigenvalue weighted by molar-refractivity contribution is 5.78. The number of methoxy groups -OCH3 is 2. The first kappa shape index (κ1) is 60.8. The summed E-state index contributed by atoms with van der Waals surface area (Å²) in [5.41, 5.74) is 0. The maximum atomic E-state index is 13.3. The second-order valence-electron chi connectivity index (χ2n) is 17.0. The van der Waals surface area contributed by atoms with Crippen molar-refractivity contribution in [2.24, 2.45) is 0 Å². The number of carboxylic acid groups (broad SMARTS) is 4. The Balaban J connectivity index is 1.90. The van der Waals surface area contributed by atoms with Gasteiger partial charge in [0.15, 0.2) is 74.0 Å². The molecular formula is C42H58N4O29. The summed E-state index contributed by atoms with van der Waals surface area (Å²) in [5.74, 6) is -15.7. The van der Waals surface area contributed by atoms with Crippen LogP contribution in [-0.2, 0) is 119 Å². The maximum absolute atomic E-state index is 13.3. The summed E-state index contributed by atoms with van der Waals surface area (Å²) in [7, 11) is 2.07. The summed E-state index contributed by atoms with van der Waals surface area (Å²) in [6.45, 7) is 7.29. The van der Waals surface area contributed by atoms with Crippen LogP contribution in [0, 0.1) is 0 Å². The number of carboxylic acids is 4. The second kappa shape index (κ2) is 26.2. The first-order valence-corrected chi connectivity index (χ1v) is 22.3. The van der Waals surface area contributed by atoms with Crippen LogP contribution in [0.1, 0.15) is 55.4 Å². The average Bonchev–Trinajstić information content (AvgIpc) is 3.27. The lowest BCUT2D eigenvalue weighted by molar-refractivity contribution is -0.353. The number of nitrogens with one attached hydrogen (secondary N) is 4. The van der Waals surface area contributed by atoms with Crippen LogP contribution in [-0.4, -0.2) is 229 Å². The fourth-order valence-corrected chi connectivity index (χ4v) is 8.74. The molecule has 0 aliphatic carbocycles. The summed E-state index contributed by atoms with van der Waals surface area (Å²) in [6.07, 6.45) is -34.3. The highest BCUT2D eigenvalue weighted by Gasteiger charge is 2.62. The van der Waals surface area contributed by atoms with Gasteiger partial charge >= 0.3 is 47.8 Å². The summed E-state index contributed by atoms with van der Waals surface area (Å²) >= 11 is 0. The van der Waals surface area contributed by atoms with Crippen LogP contribution in [0.2, 0.25) is 0 Å². The molecule has 8 N–H and O–H groups in total. The van der Waals surface area contributed by atoms with Crippen molar-refractivity contribution in [3.05, 3.63) is 0 Å². The topological polar surface area (TPSA) is 454 Å². The number of carbonyl (C=O) groups excluding carboxylic acids is 8. The number of hydrogen-bond donors (Lipinski definition) is 8. The van der Waals surface area contributed by atoms with Gasteiger partial charge in [-0.2, -0.15) is 0 Å². The Morgan fingerprint density at radius 2 is 0.533 bits per heavy atom. The van der Waals surface area contributed by atoms with Crippen molar-refractivity contribution in [3.63, 3.8) is 0 Å². The van der Waals surface area contributed by atoms with Crippen LogP contribution in [0.4, 0.5) is 0 Å². The third-order valence-electron chi connectivity index (χ3n) is 11.2. The van der Waals surface area contributed by atoms with Gasteiger partial charge in [0.25, 0.3) is 0 Å². The van der Waals surface area contributed by atoms with Crippen LogP contribution in [0.15, 0.2) is 0 Å². The first-order valence-electron chi connectivity index (χ1n) is 22.3. The second-order valence-corrected chi connectivity index (χ2v) is 17.0. The van der Waals surface area contributed by atoms with Crippen molar-refractivity contribution in [2.45, 2.75) is 178 Å². The van der Waals surface area contributed by atoms with Crippen LogP contribution in [0.3, 0.4) is 0 Å². The molecule has 0 aromatic heterocycles. The Hall–Kier alpha value is -6.72. The molecule has 0 spiro atoms. The molecule has 0 bridgehead atoms. The smallest absolute Gasteiger partial charge is 0.335 e. The number of esters is 4. The Morgan fingerprint density at radius 3 is 0.733 bits per heavy atom. The van der Waals surface area contributed by atoms with E-state index in [-0.39, 0.29) is 0 Å². The molecule has 4 aliphatic heterocycles. The zero-order chi connectivity index (χ0) is 56.5. The molecule has 33 heteroatoms. The minimum atomic E-state index is -2.54. The predicted molar refractivity (Wildman–Crippen MR) is 230 cm³/mol. The van der Waals surface area contributed by atoms with E-state index in [1.165, 1.54) is 0 Å². The van der Waals surface area contributed by atoms with Crippen molar-refractivity contribution < 1.29 is 140 Å². The zero-order valence-corrected chi connectivity index (χ0v) is 41.5. The van der Waals surface area contributed by atoms with Gasteiger partial charge in [-0.3, -0.25) is 38.4 Å². The highest BCUT2D eigenvalue weighted by atomic mass is 16.8. The Bertz CT molecular complexity index is 2200. The van der Waals surface area contributed by atoms with Gasteiger partial charge in [-0.1, -0.05) is 0 Å². The molecule has 4 fully saturated rings. The van der Waals surface area contributed by atoms with Crippen molar-refractivity contribution in [3.8, 4) is 0 Å². The molecule has 4 rings (SSSR count). The van der Waals surface area contributed by atoms with Crippen molar-refractivity contribution >= 4 is 71.4 Å². The molecule has 4 amide bonds. The quantitative estimate of drug-likeness (QED) is 0.0417. The van der Waals surface area contributed by atoms with E-state index < -0.39 is 194 Å². The SMILES string of the molecule is CO[C@H]1O[C@H](C(=O)O)[C@H](O[C@H]2O[C@H](C(=O)O)[C@H](O[C@H]3O[C@H](C(=O)O)[C@H](O[C@H]4O[C@H](C(=O)O)[C@H](OC)[C@H](OC(C)=O)[C@H]4NC(C)=O)[C@H](OC(C)=O)[C@H]3NC(C)=O)[C@H](OC(C)=O)[C@H]2NC(C)=O)[C@H](OC(C)=O)[C@H]1NC(C)=O. The van der Waals surface area contributed by atoms with E-state index in [4.69, 9.17) is 61.6 Å². The molecule has 0 aromatic carbocycles. The Morgan fingerprint density at radius 1 is 0.320 bits per heavy atom. The Labute approximate surface area is 423 Å². The lowest BCUT2D eigenvalue weighted by Gasteiger charge is -2.51. The van der Waals surface area contributed by atoms with Crippen LogP contribution in [0.25, 0.3) is 0 Å². The van der Waals surface area contributed by atoms with Crippen LogP contribution < -0.4 is 21.3 Å². The summed E-state index contributed by atoms with van der Waals surface area (Å²) in [4.78, 5) is 153. The summed E-state index contributed by atoms with van der Waals surface area (Å²) in [6, 6.07) is -7.38. The standard InChI is InChI=1S/C42H58N4O29/c1-11(47)43-19-24(66-16(6)52)28(32(36(57)58)72-39(19)64-10)69-41-21(45-13(3)49)26(68-18(8)54)30(34(74-41)38(61)62)71-42-22(46-14(4)50)25(67-17(7)53)29(33(75-42)37(59)60)70-40-20(44-12(2)48)23(65-15(5)51)27(63-9)31(73-40)35(55)56/h19-34,39-42H,1-10H3,(H,43,47)(H,44,48)(H,45,49)(H,46,50)(H,55,56)(H,57,58)(H,59,60)(H,61,62)/t19-,20-,21-,22-,23-,24-,25-,26-,27-,28-,29-,30-,31+,32+,33+,34+,39+,40+,41+,42+/m1/s1. The number of hydrogen-bond acceptors (Lipinski definition) is 25. The van der Waals surface area contributed by atoms with E-state index in [0.29, 0.717) is 0 Å². The first-order chi connectivity index (χ1) is 35.0. The fourth-order valence-electron chi connectivity index (χ4n) is 8.74. The number of amides is 4. The van der Waals surface area contributed by atoms with E-state index in [2.05, 4.69) is 21.3 Å². The fraction of sp³-hybridized carbons (Fsp3) is 0.714. The van der Waals surface area contributed by atoms with E-state index in [1.54, 1.807) is 0 Å². The largest absolute Gasteiger partial charge is 0.479 e. The normalized spacial score (nSPS) is 35.4. The van der Waals surface area contributed by atoms with Crippen molar-refractivity contribution in [1.82, 2.24) is 21.3 Å². The monoisotopic (exact) mass is 1080 g/mol. The molecule has 4 aliphatic rings. The molecule has 4 saturated heterocycles. The minimum absolute atomic E-state index is 0.779. The zero-order valence-electron chi connectivity index (χ0n) is 41.5. The molecule has 20 atom stereocenters. The van der Waals surface area contributed by atoms with Gasteiger partial charge in [0, 0.05) is 69.6 Å². The van der Waals surface area contributed by atoms with Gasteiger partial charge in [-0.25, -0.2) is 19.2 Å². The third kappa shape index (κ3) is 15.2. The number of rotatable bonds is 20. The molecule has 4 heterocycles. The number of aliphatic carboxylic acids is 4. The van der Waals surface area contributed by atoms with Gasteiger partial charge in [0.1, 0.15) is 48.6 Å². The van der Waals surface area contributed by atoms with Gasteiger partial charge in [-0.15, -0.1) is 0 Å². The summed E-state index contributed by atoms with van der Waals surface area (Å²) < 4.78 is 73.5. The number of carbonyl (C=O) groups is 12. The highest BCUT2D eigenvalue weighted by Crippen LogP contribution is 2.38. The van der Waals surface area contributed by atoms with E-state index in [9.17, 15) is 78.0 Å². The number of ether oxygens (including phenoxy) is 13. The van der Waals surface area contributed by atoms with E-state index >= 15 is 0 Å². The molecule has 0 unspecified atom stereocenters. The summed E-state index contributed by atoms with van der Waals surface area (Å²) in [5, 5.41) is 51.3. The predicted octanol–water partition coefficient (Wildman–Crippen LogP) is -5.21. The molecule has 0 aromatic rings. The van der Waals surface area contributed by atoms with Crippen LogP contribution in [0.5, 0.6) is 0 Å². The van der Waals surface area contributed by atoms with Crippen molar-refractivity contribution in [2.75, 3.05) is 14.2 Å². The van der Waals surface area contributed by atoms with Gasteiger partial charge in [-0.05, 0) is 0 Å². The molecule has 0 saturated carbocycles. The van der Waals surface area contributed by atoms with Gasteiger partial charge < -0.3 is 103 Å². The maximum Gasteiger partial charge on any atom is 0.335 e.